The van der Waals surface area contributed by atoms with Gasteiger partial charge in [-0.3, -0.25) is 9.78 Å². The van der Waals surface area contributed by atoms with Gasteiger partial charge < -0.3 is 15.0 Å². The molecule has 0 saturated carbocycles. The van der Waals surface area contributed by atoms with E-state index in [4.69, 9.17) is 0 Å². The Kier molecular flexibility index (Phi) is 4.27. The second-order valence-electron chi connectivity index (χ2n) is 4.22. The van der Waals surface area contributed by atoms with E-state index in [0.29, 0.717) is 5.82 Å². The van der Waals surface area contributed by atoms with Crippen molar-refractivity contribution >= 4 is 17.7 Å². The number of carbonyl (C=O) groups excluding carboxylic acids is 2. The van der Waals surface area contributed by atoms with Crippen LogP contribution in [-0.4, -0.2) is 53.5 Å². The molecule has 0 aromatic carbocycles. The number of nitrogens with zero attached hydrogens (tertiary/aromatic N) is 3. The van der Waals surface area contributed by atoms with Crippen LogP contribution in [0, 0.1) is 0 Å². The van der Waals surface area contributed by atoms with Gasteiger partial charge >= 0.3 is 5.97 Å². The molecule has 1 amide bonds. The van der Waals surface area contributed by atoms with Crippen molar-refractivity contribution in [3.8, 4) is 0 Å². The van der Waals surface area contributed by atoms with Gasteiger partial charge in [0.1, 0.15) is 5.82 Å². The highest BCUT2D eigenvalue weighted by molar-refractivity contribution is 5.87. The third-order valence-electron chi connectivity index (χ3n) is 2.91. The molecule has 2 heterocycles. The topological polar surface area (TPSA) is 84.4 Å². The summed E-state index contributed by atoms with van der Waals surface area (Å²) >= 11 is 0. The number of methoxy groups -OCH3 is 1. The zero-order valence-corrected chi connectivity index (χ0v) is 10.8. The molecule has 1 saturated heterocycles. The first-order chi connectivity index (χ1) is 9.20. The standard InChI is InChI=1S/C12H16N4O3/c1-19-12(18)9-6-13-7-10(15-9)14-8-11(17)16-4-2-3-5-16/h6-7H,2-5,8H2,1H3,(H,14,15). The Morgan fingerprint density at radius 3 is 2.79 bits per heavy atom. The first-order valence-electron chi connectivity index (χ1n) is 6.12. The van der Waals surface area contributed by atoms with Crippen LogP contribution in [0.15, 0.2) is 12.4 Å². The fourth-order valence-electron chi connectivity index (χ4n) is 1.90. The first-order valence-corrected chi connectivity index (χ1v) is 6.12. The van der Waals surface area contributed by atoms with Gasteiger partial charge in [0.2, 0.25) is 5.91 Å². The number of amides is 1. The average Bonchev–Trinajstić information content (AvgIpc) is 2.98. The molecule has 1 N–H and O–H groups in total. The van der Waals surface area contributed by atoms with Gasteiger partial charge in [0.25, 0.3) is 0 Å². The number of anilines is 1. The Balaban J connectivity index is 1.92. The van der Waals surface area contributed by atoms with E-state index < -0.39 is 5.97 Å². The summed E-state index contributed by atoms with van der Waals surface area (Å²) in [6.07, 6.45) is 4.90. The zero-order chi connectivity index (χ0) is 13.7. The molecule has 1 fully saturated rings. The quantitative estimate of drug-likeness (QED) is 0.787. The summed E-state index contributed by atoms with van der Waals surface area (Å²) in [6, 6.07) is 0. The number of carbonyl (C=O) groups is 2. The van der Waals surface area contributed by atoms with Crippen LogP contribution in [-0.2, 0) is 9.53 Å². The molecule has 7 nitrogen and oxygen atoms in total. The van der Waals surface area contributed by atoms with Crippen molar-refractivity contribution in [3.05, 3.63) is 18.1 Å². The van der Waals surface area contributed by atoms with E-state index in [1.54, 1.807) is 0 Å². The molecule has 1 aliphatic heterocycles. The summed E-state index contributed by atoms with van der Waals surface area (Å²) in [7, 11) is 1.28. The molecule has 2 rings (SSSR count). The third kappa shape index (κ3) is 3.40. The van der Waals surface area contributed by atoms with Crippen molar-refractivity contribution in [2.45, 2.75) is 12.8 Å². The highest BCUT2D eigenvalue weighted by Crippen LogP contribution is 2.08. The minimum Gasteiger partial charge on any atom is -0.464 e. The van der Waals surface area contributed by atoms with E-state index in [9.17, 15) is 9.59 Å². The van der Waals surface area contributed by atoms with Gasteiger partial charge in [-0.05, 0) is 12.8 Å². The Morgan fingerprint density at radius 2 is 2.11 bits per heavy atom. The lowest BCUT2D eigenvalue weighted by Gasteiger charge is -2.15. The lowest BCUT2D eigenvalue weighted by Crippen LogP contribution is -2.33. The predicted molar refractivity (Wildman–Crippen MR) is 67.7 cm³/mol. The molecule has 0 aliphatic carbocycles. The van der Waals surface area contributed by atoms with Gasteiger partial charge in [-0.25, -0.2) is 9.78 Å². The Morgan fingerprint density at radius 1 is 1.37 bits per heavy atom. The Labute approximate surface area is 111 Å². The Bertz CT molecular complexity index is 472. The molecule has 1 aromatic heterocycles. The van der Waals surface area contributed by atoms with Crippen LogP contribution in [0.1, 0.15) is 23.3 Å². The summed E-state index contributed by atoms with van der Waals surface area (Å²) in [6.45, 7) is 1.78. The highest BCUT2D eigenvalue weighted by atomic mass is 16.5. The van der Waals surface area contributed by atoms with Gasteiger partial charge in [-0.1, -0.05) is 0 Å². The van der Waals surface area contributed by atoms with Crippen molar-refractivity contribution < 1.29 is 14.3 Å². The molecular weight excluding hydrogens is 248 g/mol. The first kappa shape index (κ1) is 13.3. The Hall–Kier alpha value is -2.18. The molecule has 102 valence electrons. The van der Waals surface area contributed by atoms with Crippen molar-refractivity contribution in [2.24, 2.45) is 0 Å². The number of likely N-dealkylation sites (tertiary alicyclic amines) is 1. The summed E-state index contributed by atoms with van der Waals surface area (Å²) in [5.74, 6) is -0.139. The summed E-state index contributed by atoms with van der Waals surface area (Å²) in [5, 5.41) is 2.87. The number of hydrogen-bond acceptors (Lipinski definition) is 6. The monoisotopic (exact) mass is 264 g/mol. The van der Waals surface area contributed by atoms with E-state index in [1.807, 2.05) is 4.90 Å². The number of hydrogen-bond donors (Lipinski definition) is 1. The maximum atomic E-state index is 11.8. The van der Waals surface area contributed by atoms with Crippen molar-refractivity contribution in [2.75, 3.05) is 32.1 Å². The van der Waals surface area contributed by atoms with Crippen LogP contribution < -0.4 is 5.32 Å². The molecule has 0 bridgehead atoms. The van der Waals surface area contributed by atoms with E-state index in [1.165, 1.54) is 19.5 Å². The molecule has 7 heteroatoms. The van der Waals surface area contributed by atoms with Crippen LogP contribution in [0.3, 0.4) is 0 Å². The maximum Gasteiger partial charge on any atom is 0.358 e. The molecule has 0 spiro atoms. The zero-order valence-electron chi connectivity index (χ0n) is 10.8. The van der Waals surface area contributed by atoms with Crippen LogP contribution >= 0.6 is 0 Å². The van der Waals surface area contributed by atoms with E-state index in [2.05, 4.69) is 20.0 Å². The molecule has 1 aromatic rings. The van der Waals surface area contributed by atoms with Gasteiger partial charge in [-0.15, -0.1) is 0 Å². The lowest BCUT2D eigenvalue weighted by atomic mass is 10.4. The number of esters is 1. The van der Waals surface area contributed by atoms with E-state index in [0.717, 1.165) is 25.9 Å². The lowest BCUT2D eigenvalue weighted by molar-refractivity contribution is -0.128. The van der Waals surface area contributed by atoms with Crippen LogP contribution in [0.25, 0.3) is 0 Å². The van der Waals surface area contributed by atoms with Gasteiger partial charge in [0.15, 0.2) is 5.69 Å². The smallest absolute Gasteiger partial charge is 0.358 e. The number of rotatable bonds is 4. The number of aromatic nitrogens is 2. The number of nitrogens with one attached hydrogen (secondary N) is 1. The molecule has 1 aliphatic rings. The molecule has 0 atom stereocenters. The molecular formula is C12H16N4O3. The normalized spacial score (nSPS) is 14.3. The second kappa shape index (κ2) is 6.12. The summed E-state index contributed by atoms with van der Waals surface area (Å²) in [4.78, 5) is 32.8. The van der Waals surface area contributed by atoms with Gasteiger partial charge in [-0.2, -0.15) is 0 Å². The average molecular weight is 264 g/mol. The molecule has 19 heavy (non-hydrogen) atoms. The van der Waals surface area contributed by atoms with Crippen molar-refractivity contribution in [3.63, 3.8) is 0 Å². The van der Waals surface area contributed by atoms with Crippen LogP contribution in [0.2, 0.25) is 0 Å². The van der Waals surface area contributed by atoms with Crippen molar-refractivity contribution in [1.82, 2.24) is 14.9 Å². The predicted octanol–water partition coefficient (Wildman–Crippen LogP) is 0.297. The maximum absolute atomic E-state index is 11.8. The minimum atomic E-state index is -0.554. The van der Waals surface area contributed by atoms with Gasteiger partial charge in [0.05, 0.1) is 26.0 Å². The minimum absolute atomic E-state index is 0.0303. The third-order valence-corrected chi connectivity index (χ3v) is 2.91. The summed E-state index contributed by atoms with van der Waals surface area (Å²) < 4.78 is 4.55. The second-order valence-corrected chi connectivity index (χ2v) is 4.22. The van der Waals surface area contributed by atoms with Crippen LogP contribution in [0.5, 0.6) is 0 Å². The fourth-order valence-corrected chi connectivity index (χ4v) is 1.90. The van der Waals surface area contributed by atoms with E-state index >= 15 is 0 Å². The molecule has 0 radical (unpaired) electrons. The van der Waals surface area contributed by atoms with Gasteiger partial charge in [0, 0.05) is 13.1 Å². The summed E-state index contributed by atoms with van der Waals surface area (Å²) in [5.41, 5.74) is 0.112. The van der Waals surface area contributed by atoms with Crippen LogP contribution in [0.4, 0.5) is 5.82 Å². The van der Waals surface area contributed by atoms with E-state index in [-0.39, 0.29) is 18.1 Å². The number of ether oxygens (including phenoxy) is 1. The largest absolute Gasteiger partial charge is 0.464 e. The van der Waals surface area contributed by atoms with Crippen molar-refractivity contribution in [1.29, 1.82) is 0 Å². The fraction of sp³-hybridized carbons (Fsp3) is 0.500. The SMILES string of the molecule is COC(=O)c1cncc(NCC(=O)N2CCCC2)n1. The molecule has 0 unspecified atom stereocenters. The highest BCUT2D eigenvalue weighted by Gasteiger charge is 2.17.